The molecule has 1 aromatic heterocycles. The Kier molecular flexibility index (Phi) is 3.93. The highest BCUT2D eigenvalue weighted by Gasteiger charge is 2.11. The summed E-state index contributed by atoms with van der Waals surface area (Å²) >= 11 is 3.58. The molecule has 1 rings (SSSR count). The van der Waals surface area contributed by atoms with Crippen LogP contribution in [0.2, 0.25) is 0 Å². The summed E-state index contributed by atoms with van der Waals surface area (Å²) in [5, 5.41) is 7.53. The third kappa shape index (κ3) is 2.31. The number of halogens is 1. The highest BCUT2D eigenvalue weighted by Crippen LogP contribution is 2.21. The third-order valence-electron chi connectivity index (χ3n) is 2.00. The zero-order valence-electron chi connectivity index (χ0n) is 8.39. The standard InChI is InChI=1S/C9H16BrN3/c1-4-5-8-9(10)7(6-11-2)12-13(8)3/h11H,4-6H2,1-3H3. The van der Waals surface area contributed by atoms with Crippen LogP contribution in [0, 0.1) is 0 Å². The molecule has 0 atom stereocenters. The molecule has 0 amide bonds. The minimum absolute atomic E-state index is 0.818. The molecule has 1 aromatic rings. The lowest BCUT2D eigenvalue weighted by Gasteiger charge is -1.98. The first-order chi connectivity index (χ1) is 6.20. The molecule has 1 N–H and O–H groups in total. The van der Waals surface area contributed by atoms with E-state index in [-0.39, 0.29) is 0 Å². The summed E-state index contributed by atoms with van der Waals surface area (Å²) in [6.07, 6.45) is 2.23. The number of aromatic nitrogens is 2. The predicted molar refractivity (Wildman–Crippen MR) is 57.7 cm³/mol. The molecule has 74 valence electrons. The Bertz CT molecular complexity index is 281. The van der Waals surface area contributed by atoms with E-state index in [9.17, 15) is 0 Å². The summed E-state index contributed by atoms with van der Waals surface area (Å²) in [5.41, 5.74) is 2.38. The van der Waals surface area contributed by atoms with Crippen LogP contribution in [-0.4, -0.2) is 16.8 Å². The Balaban J connectivity index is 2.92. The van der Waals surface area contributed by atoms with Gasteiger partial charge < -0.3 is 5.32 Å². The van der Waals surface area contributed by atoms with Crippen LogP contribution in [0.3, 0.4) is 0 Å². The zero-order valence-corrected chi connectivity index (χ0v) is 9.98. The second-order valence-corrected chi connectivity index (χ2v) is 3.90. The Morgan fingerprint density at radius 3 is 2.77 bits per heavy atom. The lowest BCUT2D eigenvalue weighted by Crippen LogP contribution is -2.06. The number of nitrogens with one attached hydrogen (secondary N) is 1. The maximum atomic E-state index is 4.43. The van der Waals surface area contributed by atoms with Crippen LogP contribution >= 0.6 is 15.9 Å². The minimum atomic E-state index is 0.818. The first-order valence-electron chi connectivity index (χ1n) is 4.55. The van der Waals surface area contributed by atoms with Gasteiger partial charge in [0.25, 0.3) is 0 Å². The fourth-order valence-corrected chi connectivity index (χ4v) is 2.06. The van der Waals surface area contributed by atoms with Gasteiger partial charge in [0, 0.05) is 13.6 Å². The molecule has 0 saturated heterocycles. The SMILES string of the molecule is CCCc1c(Br)c(CNC)nn1C. The maximum Gasteiger partial charge on any atom is 0.0907 e. The van der Waals surface area contributed by atoms with Gasteiger partial charge in [-0.1, -0.05) is 13.3 Å². The average molecular weight is 246 g/mol. The Labute approximate surface area is 87.6 Å². The molecule has 0 aliphatic rings. The number of hydrogen-bond donors (Lipinski definition) is 1. The van der Waals surface area contributed by atoms with E-state index >= 15 is 0 Å². The summed E-state index contributed by atoms with van der Waals surface area (Å²) < 4.78 is 3.12. The molecule has 13 heavy (non-hydrogen) atoms. The molecule has 0 aliphatic heterocycles. The molecule has 0 aliphatic carbocycles. The Hall–Kier alpha value is -0.350. The molecular weight excluding hydrogens is 230 g/mol. The second-order valence-electron chi connectivity index (χ2n) is 3.11. The Morgan fingerprint density at radius 2 is 2.23 bits per heavy atom. The van der Waals surface area contributed by atoms with Crippen LogP contribution in [0.4, 0.5) is 0 Å². The van der Waals surface area contributed by atoms with Gasteiger partial charge in [-0.15, -0.1) is 0 Å². The van der Waals surface area contributed by atoms with E-state index in [1.54, 1.807) is 0 Å². The molecule has 4 heteroatoms. The lowest BCUT2D eigenvalue weighted by molar-refractivity contribution is 0.674. The van der Waals surface area contributed by atoms with Crippen molar-refractivity contribution in [3.8, 4) is 0 Å². The number of aryl methyl sites for hydroxylation is 1. The van der Waals surface area contributed by atoms with Gasteiger partial charge in [0.15, 0.2) is 0 Å². The summed E-state index contributed by atoms with van der Waals surface area (Å²) in [5.74, 6) is 0. The zero-order chi connectivity index (χ0) is 9.84. The molecule has 0 saturated carbocycles. The van der Waals surface area contributed by atoms with Gasteiger partial charge in [0.05, 0.1) is 15.9 Å². The van der Waals surface area contributed by atoms with Gasteiger partial charge in [-0.3, -0.25) is 4.68 Å². The van der Waals surface area contributed by atoms with Gasteiger partial charge in [-0.2, -0.15) is 5.10 Å². The van der Waals surface area contributed by atoms with Crippen molar-refractivity contribution in [1.29, 1.82) is 0 Å². The van der Waals surface area contributed by atoms with E-state index in [2.05, 4.69) is 33.3 Å². The fraction of sp³-hybridized carbons (Fsp3) is 0.667. The van der Waals surface area contributed by atoms with Crippen molar-refractivity contribution in [2.24, 2.45) is 7.05 Å². The quantitative estimate of drug-likeness (QED) is 0.878. The van der Waals surface area contributed by atoms with E-state index in [1.807, 2.05) is 18.8 Å². The van der Waals surface area contributed by atoms with Crippen LogP contribution in [0.25, 0.3) is 0 Å². The van der Waals surface area contributed by atoms with E-state index < -0.39 is 0 Å². The monoisotopic (exact) mass is 245 g/mol. The summed E-state index contributed by atoms with van der Waals surface area (Å²) in [4.78, 5) is 0. The van der Waals surface area contributed by atoms with Crippen molar-refractivity contribution in [3.63, 3.8) is 0 Å². The van der Waals surface area contributed by atoms with Crippen molar-refractivity contribution in [3.05, 3.63) is 15.9 Å². The van der Waals surface area contributed by atoms with Crippen LogP contribution < -0.4 is 5.32 Å². The molecule has 0 bridgehead atoms. The maximum absolute atomic E-state index is 4.43. The van der Waals surface area contributed by atoms with E-state index in [0.29, 0.717) is 0 Å². The normalized spacial score (nSPS) is 10.8. The van der Waals surface area contributed by atoms with Crippen molar-refractivity contribution in [2.75, 3.05) is 7.05 Å². The molecule has 0 fully saturated rings. The smallest absolute Gasteiger partial charge is 0.0907 e. The second kappa shape index (κ2) is 4.77. The average Bonchev–Trinajstić information content (AvgIpc) is 2.34. The number of rotatable bonds is 4. The van der Waals surface area contributed by atoms with Crippen molar-refractivity contribution >= 4 is 15.9 Å². The van der Waals surface area contributed by atoms with Crippen molar-refractivity contribution < 1.29 is 0 Å². The largest absolute Gasteiger partial charge is 0.314 e. The highest BCUT2D eigenvalue weighted by atomic mass is 79.9. The van der Waals surface area contributed by atoms with E-state index in [0.717, 1.165) is 29.6 Å². The van der Waals surface area contributed by atoms with Crippen LogP contribution in [-0.2, 0) is 20.0 Å². The third-order valence-corrected chi connectivity index (χ3v) is 2.91. The number of nitrogens with zero attached hydrogens (tertiary/aromatic N) is 2. The van der Waals surface area contributed by atoms with E-state index in [4.69, 9.17) is 0 Å². The topological polar surface area (TPSA) is 29.9 Å². The van der Waals surface area contributed by atoms with Gasteiger partial charge in [0.1, 0.15) is 0 Å². The Morgan fingerprint density at radius 1 is 1.54 bits per heavy atom. The molecule has 0 unspecified atom stereocenters. The highest BCUT2D eigenvalue weighted by molar-refractivity contribution is 9.10. The van der Waals surface area contributed by atoms with Gasteiger partial charge in [-0.05, 0) is 29.4 Å². The van der Waals surface area contributed by atoms with Crippen LogP contribution in [0.1, 0.15) is 24.7 Å². The first-order valence-corrected chi connectivity index (χ1v) is 5.34. The van der Waals surface area contributed by atoms with Gasteiger partial charge in [-0.25, -0.2) is 0 Å². The summed E-state index contributed by atoms with van der Waals surface area (Å²) in [6, 6.07) is 0. The molecule has 0 spiro atoms. The lowest BCUT2D eigenvalue weighted by atomic mass is 10.2. The van der Waals surface area contributed by atoms with Gasteiger partial charge in [0.2, 0.25) is 0 Å². The molecular formula is C9H16BrN3. The molecule has 3 nitrogen and oxygen atoms in total. The fourth-order valence-electron chi connectivity index (χ4n) is 1.38. The number of hydrogen-bond acceptors (Lipinski definition) is 2. The first kappa shape index (κ1) is 10.7. The van der Waals surface area contributed by atoms with Crippen LogP contribution in [0.5, 0.6) is 0 Å². The van der Waals surface area contributed by atoms with Crippen molar-refractivity contribution in [2.45, 2.75) is 26.3 Å². The minimum Gasteiger partial charge on any atom is -0.314 e. The summed E-state index contributed by atoms with van der Waals surface area (Å²) in [6.45, 7) is 3.00. The molecule has 0 aromatic carbocycles. The molecule has 1 heterocycles. The predicted octanol–water partition coefficient (Wildman–Crippen LogP) is 1.85. The van der Waals surface area contributed by atoms with E-state index in [1.165, 1.54) is 5.69 Å². The summed E-state index contributed by atoms with van der Waals surface area (Å²) in [7, 11) is 3.93. The van der Waals surface area contributed by atoms with Gasteiger partial charge >= 0.3 is 0 Å². The van der Waals surface area contributed by atoms with Crippen molar-refractivity contribution in [1.82, 2.24) is 15.1 Å². The molecule has 0 radical (unpaired) electrons. The van der Waals surface area contributed by atoms with Crippen LogP contribution in [0.15, 0.2) is 4.47 Å².